The highest BCUT2D eigenvalue weighted by molar-refractivity contribution is 7.92. The van der Waals surface area contributed by atoms with Gasteiger partial charge in [-0.15, -0.1) is 0 Å². The first-order valence-electron chi connectivity index (χ1n) is 11.6. The summed E-state index contributed by atoms with van der Waals surface area (Å²) in [5.74, 6) is -0.0725. The van der Waals surface area contributed by atoms with Gasteiger partial charge in [-0.2, -0.15) is 0 Å². The van der Waals surface area contributed by atoms with Gasteiger partial charge in [-0.25, -0.2) is 16.8 Å². The summed E-state index contributed by atoms with van der Waals surface area (Å²) in [5, 5.41) is 30.5. The molecule has 0 atom stereocenters. The lowest BCUT2D eigenvalue weighted by Crippen LogP contribution is -2.38. The van der Waals surface area contributed by atoms with E-state index in [0.717, 1.165) is 0 Å². The Balaban J connectivity index is 1.35. The van der Waals surface area contributed by atoms with Crippen LogP contribution in [0.2, 0.25) is 0 Å². The lowest BCUT2D eigenvalue weighted by Gasteiger charge is -2.23. The summed E-state index contributed by atoms with van der Waals surface area (Å²) in [6.45, 7) is 1.12. The maximum atomic E-state index is 12.8. The minimum absolute atomic E-state index is 0.0284. The van der Waals surface area contributed by atoms with Crippen LogP contribution < -0.4 is 9.47 Å². The fourth-order valence-corrected chi connectivity index (χ4v) is 6.27. The van der Waals surface area contributed by atoms with Gasteiger partial charge in [-0.3, -0.25) is 0 Å². The van der Waals surface area contributed by atoms with Crippen molar-refractivity contribution in [3.63, 3.8) is 0 Å². The first-order chi connectivity index (χ1) is 18.4. The van der Waals surface area contributed by atoms with Gasteiger partial charge in [-0.05, 0) is 79.7 Å². The number of ether oxygens (including phenoxy) is 2. The number of benzene rings is 4. The van der Waals surface area contributed by atoms with Crippen LogP contribution >= 0.6 is 0 Å². The zero-order valence-electron chi connectivity index (χ0n) is 20.8. The van der Waals surface area contributed by atoms with Gasteiger partial charge in [0.15, 0.2) is 0 Å². The third kappa shape index (κ3) is 6.33. The highest BCUT2D eigenvalue weighted by atomic mass is 32.2. The Bertz CT molecular complexity index is 1540. The summed E-state index contributed by atoms with van der Waals surface area (Å²) < 4.78 is 62.3. The van der Waals surface area contributed by atoms with Crippen LogP contribution in [0.4, 0.5) is 0 Å². The predicted octanol–water partition coefficient (Wildman–Crippen LogP) is 3.97. The second kappa shape index (κ2) is 11.0. The van der Waals surface area contributed by atoms with Crippen molar-refractivity contribution in [2.45, 2.75) is 32.1 Å². The average Bonchev–Trinajstić information content (AvgIpc) is 2.92. The molecule has 0 unspecified atom stereocenters. The van der Waals surface area contributed by atoms with Crippen LogP contribution in [-0.4, -0.2) is 51.0 Å². The Morgan fingerprint density at radius 2 is 0.923 bits per heavy atom. The van der Waals surface area contributed by atoms with E-state index >= 15 is 0 Å². The second-order valence-corrected chi connectivity index (χ2v) is 12.8. The van der Waals surface area contributed by atoms with E-state index in [2.05, 4.69) is 0 Å². The van der Waals surface area contributed by atoms with Gasteiger partial charge in [0.1, 0.15) is 51.6 Å². The van der Waals surface area contributed by atoms with Crippen molar-refractivity contribution in [3.8, 4) is 23.0 Å². The molecule has 0 heterocycles. The fourth-order valence-electron chi connectivity index (χ4n) is 3.57. The molecule has 4 aromatic rings. The molecular formula is C28H26O9S2. The number of para-hydroxylation sites is 2. The molecule has 0 aromatic heterocycles. The molecule has 4 rings (SSSR count). The summed E-state index contributed by atoms with van der Waals surface area (Å²) in [7, 11) is -7.85. The quantitative estimate of drug-likeness (QED) is 0.258. The van der Waals surface area contributed by atoms with Crippen molar-refractivity contribution in [1.82, 2.24) is 0 Å². The molecule has 0 amide bonds. The average molecular weight is 571 g/mol. The van der Waals surface area contributed by atoms with Gasteiger partial charge in [0.2, 0.25) is 19.7 Å². The van der Waals surface area contributed by atoms with E-state index < -0.39 is 25.3 Å². The van der Waals surface area contributed by atoms with Crippen molar-refractivity contribution >= 4 is 19.7 Å². The Morgan fingerprint density at radius 3 is 1.26 bits per heavy atom. The number of phenolic OH excluding ortho intramolecular Hbond substituents is 2. The summed E-state index contributed by atoms with van der Waals surface area (Å²) in [6.07, 6.45) is 0. The summed E-state index contributed by atoms with van der Waals surface area (Å²) in [6, 6.07) is 22.4. The van der Waals surface area contributed by atoms with Crippen molar-refractivity contribution in [2.75, 3.05) is 13.2 Å². The number of phenols is 2. The van der Waals surface area contributed by atoms with Gasteiger partial charge in [0.05, 0.1) is 9.79 Å². The topological polar surface area (TPSA) is 147 Å². The largest absolute Gasteiger partial charge is 0.507 e. The van der Waals surface area contributed by atoms with E-state index in [4.69, 9.17) is 9.47 Å². The molecule has 204 valence electrons. The van der Waals surface area contributed by atoms with Gasteiger partial charge >= 0.3 is 0 Å². The van der Waals surface area contributed by atoms with Crippen molar-refractivity contribution in [2.24, 2.45) is 0 Å². The van der Waals surface area contributed by atoms with Crippen LogP contribution in [0.1, 0.15) is 6.92 Å². The zero-order chi connectivity index (χ0) is 28.3. The number of rotatable bonds is 10. The molecule has 9 nitrogen and oxygen atoms in total. The Kier molecular flexibility index (Phi) is 7.86. The Hall–Kier alpha value is -4.06. The van der Waals surface area contributed by atoms with Crippen LogP contribution in [0.3, 0.4) is 0 Å². The van der Waals surface area contributed by atoms with E-state index in [1.54, 1.807) is 0 Å². The molecule has 11 heteroatoms. The van der Waals surface area contributed by atoms with Crippen LogP contribution in [0.5, 0.6) is 23.0 Å². The third-order valence-electron chi connectivity index (χ3n) is 5.68. The van der Waals surface area contributed by atoms with Crippen LogP contribution in [0, 0.1) is 0 Å². The van der Waals surface area contributed by atoms with Gasteiger partial charge in [-0.1, -0.05) is 24.3 Å². The van der Waals surface area contributed by atoms with Crippen molar-refractivity contribution in [3.05, 3.63) is 97.1 Å². The summed E-state index contributed by atoms with van der Waals surface area (Å²) in [5.41, 5.74) is -1.44. The highest BCUT2D eigenvalue weighted by Gasteiger charge is 2.25. The monoisotopic (exact) mass is 570 g/mol. The van der Waals surface area contributed by atoms with Crippen LogP contribution in [0.15, 0.2) is 117 Å². The van der Waals surface area contributed by atoms with E-state index in [0.29, 0.717) is 11.5 Å². The van der Waals surface area contributed by atoms with E-state index in [1.165, 1.54) is 104 Å². The van der Waals surface area contributed by atoms with Crippen LogP contribution in [0.25, 0.3) is 0 Å². The second-order valence-electron chi connectivity index (χ2n) is 8.96. The molecule has 0 saturated carbocycles. The van der Waals surface area contributed by atoms with Crippen LogP contribution in [-0.2, 0) is 19.7 Å². The molecular weight excluding hydrogens is 544 g/mol. The summed E-state index contributed by atoms with van der Waals surface area (Å²) in [4.78, 5) is -0.469. The highest BCUT2D eigenvalue weighted by Crippen LogP contribution is 2.30. The number of hydrogen-bond acceptors (Lipinski definition) is 9. The van der Waals surface area contributed by atoms with Gasteiger partial charge in [0, 0.05) is 0 Å². The lowest BCUT2D eigenvalue weighted by molar-refractivity contribution is -0.0247. The van der Waals surface area contributed by atoms with E-state index in [9.17, 15) is 32.2 Å². The standard InChI is InChI=1S/C28H26O9S2/c1-28(31,18-36-20-10-14-22(15-11-20)38(32,33)26-8-4-2-6-24(26)29)19-37-21-12-16-23(17-13-21)39(34,35)27-9-5-3-7-25(27)30/h2-17,29-31H,18-19H2,1H3. The van der Waals surface area contributed by atoms with Crippen molar-refractivity contribution in [1.29, 1.82) is 0 Å². The van der Waals surface area contributed by atoms with Gasteiger partial charge in [0.25, 0.3) is 0 Å². The molecule has 0 fully saturated rings. The van der Waals surface area contributed by atoms with Gasteiger partial charge < -0.3 is 24.8 Å². The molecule has 0 aliphatic heterocycles. The predicted molar refractivity (Wildman–Crippen MR) is 142 cm³/mol. The minimum atomic E-state index is -3.92. The molecule has 0 spiro atoms. The normalized spacial score (nSPS) is 12.2. The lowest BCUT2D eigenvalue weighted by atomic mass is 10.1. The third-order valence-corrected chi connectivity index (χ3v) is 9.31. The minimum Gasteiger partial charge on any atom is -0.507 e. The maximum Gasteiger partial charge on any atom is 0.210 e. The first-order valence-corrected chi connectivity index (χ1v) is 14.6. The maximum absolute atomic E-state index is 12.8. The molecule has 0 saturated heterocycles. The number of sulfone groups is 2. The Labute approximate surface area is 226 Å². The molecule has 0 bridgehead atoms. The number of hydrogen-bond donors (Lipinski definition) is 3. The van der Waals surface area contributed by atoms with E-state index in [-0.39, 0.29) is 44.3 Å². The molecule has 0 aliphatic carbocycles. The smallest absolute Gasteiger partial charge is 0.210 e. The number of aromatic hydroxyl groups is 2. The molecule has 39 heavy (non-hydrogen) atoms. The summed E-state index contributed by atoms with van der Waals surface area (Å²) >= 11 is 0. The van der Waals surface area contributed by atoms with Crippen molar-refractivity contribution < 1.29 is 41.6 Å². The SMILES string of the molecule is CC(O)(COc1ccc(S(=O)(=O)c2ccccc2O)cc1)COc1ccc(S(=O)(=O)c2ccccc2O)cc1. The molecule has 0 aliphatic rings. The zero-order valence-corrected chi connectivity index (χ0v) is 22.4. The fraction of sp³-hybridized carbons (Fsp3) is 0.143. The Morgan fingerprint density at radius 1 is 0.590 bits per heavy atom. The number of aliphatic hydroxyl groups is 1. The molecule has 3 N–H and O–H groups in total. The molecule has 4 aromatic carbocycles. The molecule has 0 radical (unpaired) electrons. The van der Waals surface area contributed by atoms with E-state index in [1.807, 2.05) is 0 Å². The first kappa shape index (κ1) is 28.0.